The van der Waals surface area contributed by atoms with Crippen LogP contribution in [0.1, 0.15) is 59.9 Å². The number of morpholine rings is 1. The number of hydrogen-bond acceptors (Lipinski definition) is 6. The fraction of sp³-hybridized carbons (Fsp3) is 0.452. The van der Waals surface area contributed by atoms with E-state index in [1.54, 1.807) is 17.0 Å². The Morgan fingerprint density at radius 2 is 1.83 bits per heavy atom. The minimum atomic E-state index is -0.676. The number of esters is 1. The molecular formula is C31H34ClN3O6. The summed E-state index contributed by atoms with van der Waals surface area (Å²) >= 11 is 6.37. The van der Waals surface area contributed by atoms with Gasteiger partial charge in [0.25, 0.3) is 5.91 Å². The second kappa shape index (κ2) is 10.4. The number of carbonyl (C=O) groups excluding carboxylic acids is 3. The molecule has 2 fully saturated rings. The average molecular weight is 580 g/mol. The highest BCUT2D eigenvalue weighted by Gasteiger charge is 2.47. The van der Waals surface area contributed by atoms with E-state index in [-0.39, 0.29) is 24.1 Å². The Balaban J connectivity index is 1.20. The number of piperidine rings is 1. The van der Waals surface area contributed by atoms with Gasteiger partial charge in [-0.05, 0) is 39.0 Å². The average Bonchev–Trinajstić information content (AvgIpc) is 3.42. The lowest BCUT2D eigenvalue weighted by atomic mass is 9.83. The molecule has 0 aliphatic carbocycles. The van der Waals surface area contributed by atoms with E-state index in [1.807, 2.05) is 66.8 Å². The minimum absolute atomic E-state index is 0.0801. The van der Waals surface area contributed by atoms with Crippen molar-refractivity contribution in [1.82, 2.24) is 14.4 Å². The molecule has 1 spiro atoms. The summed E-state index contributed by atoms with van der Waals surface area (Å²) in [6.07, 6.45) is 2.31. The number of nitrogens with zero attached hydrogens (tertiary/aromatic N) is 3. The lowest BCUT2D eigenvalue weighted by Crippen LogP contribution is -2.48. The zero-order chi connectivity index (χ0) is 28.9. The van der Waals surface area contributed by atoms with Crippen molar-refractivity contribution in [3.8, 4) is 0 Å². The van der Waals surface area contributed by atoms with Gasteiger partial charge < -0.3 is 28.6 Å². The highest BCUT2D eigenvalue weighted by molar-refractivity contribution is 6.31. The number of ether oxygens (including phenoxy) is 3. The molecule has 3 aliphatic heterocycles. The number of benzene rings is 2. The van der Waals surface area contributed by atoms with Crippen molar-refractivity contribution in [2.45, 2.75) is 57.5 Å². The third-order valence-electron chi connectivity index (χ3n) is 8.05. The molecule has 3 aliphatic rings. The topological polar surface area (TPSA) is 90.3 Å². The van der Waals surface area contributed by atoms with Crippen LogP contribution in [0.15, 0.2) is 48.7 Å². The van der Waals surface area contributed by atoms with Gasteiger partial charge in [0.15, 0.2) is 0 Å². The number of hydrogen-bond donors (Lipinski definition) is 0. The Morgan fingerprint density at radius 3 is 2.59 bits per heavy atom. The molecule has 216 valence electrons. The molecule has 9 nitrogen and oxygen atoms in total. The number of fused-ring (bicyclic) bond motifs is 3. The number of rotatable bonds is 3. The van der Waals surface area contributed by atoms with Gasteiger partial charge in [0.2, 0.25) is 0 Å². The molecule has 0 bridgehead atoms. The summed E-state index contributed by atoms with van der Waals surface area (Å²) in [5, 5.41) is 1.37. The van der Waals surface area contributed by atoms with Crippen molar-refractivity contribution in [2.75, 3.05) is 32.8 Å². The first-order valence-electron chi connectivity index (χ1n) is 14.0. The number of halogens is 1. The lowest BCUT2D eigenvalue weighted by Gasteiger charge is -2.38. The van der Waals surface area contributed by atoms with Gasteiger partial charge in [-0.25, -0.2) is 9.59 Å². The van der Waals surface area contributed by atoms with Crippen LogP contribution in [-0.4, -0.2) is 76.8 Å². The SMILES string of the molecule is CC(C)(C)OC(=O)N1CCOC(Cn2cc(C(=O)N3CCC4(CC3)OC(=O)c3ccccc34)c3ccc(Cl)cc32)C1. The van der Waals surface area contributed by atoms with Crippen molar-refractivity contribution in [2.24, 2.45) is 0 Å². The van der Waals surface area contributed by atoms with Crippen molar-refractivity contribution >= 4 is 40.5 Å². The molecule has 1 aromatic heterocycles. The van der Waals surface area contributed by atoms with Crippen LogP contribution in [-0.2, 0) is 26.4 Å². The van der Waals surface area contributed by atoms with Crippen LogP contribution >= 0.6 is 11.6 Å². The molecule has 1 unspecified atom stereocenters. The van der Waals surface area contributed by atoms with Crippen LogP contribution in [0.25, 0.3) is 10.9 Å². The van der Waals surface area contributed by atoms with Crippen LogP contribution < -0.4 is 0 Å². The Hall–Kier alpha value is -3.56. The van der Waals surface area contributed by atoms with Crippen LogP contribution in [0, 0.1) is 0 Å². The minimum Gasteiger partial charge on any atom is -0.450 e. The van der Waals surface area contributed by atoms with Crippen molar-refractivity contribution in [3.05, 3.63) is 70.4 Å². The predicted octanol–water partition coefficient (Wildman–Crippen LogP) is 5.23. The predicted molar refractivity (Wildman–Crippen MR) is 153 cm³/mol. The molecule has 1 atom stereocenters. The Kier molecular flexibility index (Phi) is 6.98. The lowest BCUT2D eigenvalue weighted by molar-refractivity contribution is -0.0469. The maximum absolute atomic E-state index is 13.9. The van der Waals surface area contributed by atoms with Crippen LogP contribution in [0.2, 0.25) is 5.02 Å². The van der Waals surface area contributed by atoms with Gasteiger partial charge in [-0.3, -0.25) is 4.79 Å². The number of likely N-dealkylation sites (tertiary alicyclic amines) is 1. The molecular weight excluding hydrogens is 546 g/mol. The zero-order valence-electron chi connectivity index (χ0n) is 23.5. The third-order valence-corrected chi connectivity index (χ3v) is 8.28. The summed E-state index contributed by atoms with van der Waals surface area (Å²) < 4.78 is 19.4. The van der Waals surface area contributed by atoms with Gasteiger partial charge >= 0.3 is 12.1 Å². The van der Waals surface area contributed by atoms with E-state index in [1.165, 1.54) is 0 Å². The second-order valence-corrected chi connectivity index (χ2v) is 12.4. The van der Waals surface area contributed by atoms with E-state index in [9.17, 15) is 14.4 Å². The number of amides is 2. The molecule has 2 amide bonds. The number of aromatic nitrogens is 1. The molecule has 4 heterocycles. The van der Waals surface area contributed by atoms with E-state index >= 15 is 0 Å². The van der Waals surface area contributed by atoms with Crippen LogP contribution in [0.4, 0.5) is 4.79 Å². The molecule has 3 aromatic rings. The summed E-state index contributed by atoms with van der Waals surface area (Å²) in [5.41, 5.74) is 1.68. The smallest absolute Gasteiger partial charge is 0.410 e. The van der Waals surface area contributed by atoms with Crippen molar-refractivity contribution < 1.29 is 28.6 Å². The fourth-order valence-electron chi connectivity index (χ4n) is 6.09. The molecule has 0 saturated carbocycles. The van der Waals surface area contributed by atoms with Crippen LogP contribution in [0.5, 0.6) is 0 Å². The quantitative estimate of drug-likeness (QED) is 0.395. The maximum atomic E-state index is 13.9. The molecule has 0 radical (unpaired) electrons. The molecule has 2 aromatic carbocycles. The molecule has 2 saturated heterocycles. The Bertz CT molecular complexity index is 1520. The summed E-state index contributed by atoms with van der Waals surface area (Å²) in [7, 11) is 0. The van der Waals surface area contributed by atoms with Gasteiger partial charge in [-0.15, -0.1) is 0 Å². The Labute approximate surface area is 243 Å². The number of carbonyl (C=O) groups is 3. The highest BCUT2D eigenvalue weighted by Crippen LogP contribution is 2.44. The van der Waals surface area contributed by atoms with E-state index in [0.717, 1.165) is 16.5 Å². The van der Waals surface area contributed by atoms with E-state index in [0.29, 0.717) is 68.3 Å². The largest absolute Gasteiger partial charge is 0.450 e. The van der Waals surface area contributed by atoms with E-state index in [2.05, 4.69) is 0 Å². The highest BCUT2D eigenvalue weighted by atomic mass is 35.5. The van der Waals surface area contributed by atoms with Gasteiger partial charge in [-0.2, -0.15) is 0 Å². The fourth-order valence-corrected chi connectivity index (χ4v) is 6.25. The van der Waals surface area contributed by atoms with Crippen molar-refractivity contribution in [3.63, 3.8) is 0 Å². The third kappa shape index (κ3) is 5.28. The van der Waals surface area contributed by atoms with Crippen molar-refractivity contribution in [1.29, 1.82) is 0 Å². The monoisotopic (exact) mass is 579 g/mol. The van der Waals surface area contributed by atoms with Gasteiger partial charge in [0.1, 0.15) is 11.2 Å². The summed E-state index contributed by atoms with van der Waals surface area (Å²) in [6.45, 7) is 8.17. The standard InChI is InChI=1S/C31H34ClN3O6/c1-30(2,3)41-29(38)34-14-15-39-21(17-34)18-35-19-24(22-9-8-20(32)16-26(22)35)27(36)33-12-10-31(11-13-33)25-7-5-4-6-23(25)28(37)40-31/h4-9,16,19,21H,10-15,17-18H2,1-3H3. The normalized spacial score (nSPS) is 20.3. The van der Waals surface area contributed by atoms with Gasteiger partial charge in [0.05, 0.1) is 42.4 Å². The van der Waals surface area contributed by atoms with Gasteiger partial charge in [-0.1, -0.05) is 35.9 Å². The second-order valence-electron chi connectivity index (χ2n) is 12.0. The maximum Gasteiger partial charge on any atom is 0.410 e. The zero-order valence-corrected chi connectivity index (χ0v) is 24.3. The van der Waals surface area contributed by atoms with E-state index in [4.69, 9.17) is 25.8 Å². The molecule has 10 heteroatoms. The molecule has 6 rings (SSSR count). The van der Waals surface area contributed by atoms with E-state index < -0.39 is 11.2 Å². The Morgan fingerprint density at radius 1 is 1.07 bits per heavy atom. The van der Waals surface area contributed by atoms with Gasteiger partial charge in [0, 0.05) is 54.6 Å². The molecule has 41 heavy (non-hydrogen) atoms. The first kappa shape index (κ1) is 27.6. The first-order valence-corrected chi connectivity index (χ1v) is 14.4. The first-order chi connectivity index (χ1) is 19.5. The molecule has 0 N–H and O–H groups in total. The summed E-state index contributed by atoms with van der Waals surface area (Å²) in [4.78, 5) is 42.5. The summed E-state index contributed by atoms with van der Waals surface area (Å²) in [6, 6.07) is 13.0. The van der Waals surface area contributed by atoms with Crippen LogP contribution in [0.3, 0.4) is 0 Å². The summed E-state index contributed by atoms with van der Waals surface area (Å²) in [5.74, 6) is -0.376.